The quantitative estimate of drug-likeness (QED) is 0.799. The summed E-state index contributed by atoms with van der Waals surface area (Å²) in [7, 11) is 0. The van der Waals surface area contributed by atoms with Crippen LogP contribution in [-0.4, -0.2) is 32.8 Å². The number of rotatable bonds is 5. The number of benzene rings is 1. The first-order chi connectivity index (χ1) is 9.29. The van der Waals surface area contributed by atoms with E-state index in [9.17, 15) is 4.79 Å². The third-order valence-corrected chi connectivity index (χ3v) is 2.55. The second-order valence-corrected chi connectivity index (χ2v) is 4.04. The number of carbonyl (C=O) groups excluding carboxylic acids is 1. The van der Waals surface area contributed by atoms with Crippen LogP contribution < -0.4 is 10.6 Å². The highest BCUT2D eigenvalue weighted by Crippen LogP contribution is 2.11. The van der Waals surface area contributed by atoms with E-state index in [-0.39, 0.29) is 6.03 Å². The van der Waals surface area contributed by atoms with Gasteiger partial charge in [-0.25, -0.2) is 9.48 Å². The molecule has 0 saturated carbocycles. The highest BCUT2D eigenvalue weighted by molar-refractivity contribution is 5.89. The van der Waals surface area contributed by atoms with Gasteiger partial charge >= 0.3 is 6.03 Å². The van der Waals surface area contributed by atoms with Crippen molar-refractivity contribution in [1.29, 1.82) is 0 Å². The van der Waals surface area contributed by atoms with Crippen molar-refractivity contribution in [3.8, 4) is 5.69 Å². The molecule has 0 radical (unpaired) electrons. The fraction of sp³-hybridized carbons (Fsp3) is 0.333. The summed E-state index contributed by atoms with van der Waals surface area (Å²) < 4.78 is 1.55. The zero-order valence-corrected chi connectivity index (χ0v) is 10.7. The molecule has 1 heterocycles. The van der Waals surface area contributed by atoms with Crippen LogP contribution in [-0.2, 0) is 0 Å². The van der Waals surface area contributed by atoms with Crippen molar-refractivity contribution < 1.29 is 4.79 Å². The fourth-order valence-corrected chi connectivity index (χ4v) is 1.53. The summed E-state index contributed by atoms with van der Waals surface area (Å²) in [5.41, 5.74) is 1.56. The Labute approximate surface area is 111 Å². The summed E-state index contributed by atoms with van der Waals surface area (Å²) in [6, 6.07) is 7.08. The minimum Gasteiger partial charge on any atom is -0.338 e. The van der Waals surface area contributed by atoms with E-state index in [1.165, 1.54) is 6.33 Å². The Morgan fingerprint density at radius 1 is 1.32 bits per heavy atom. The van der Waals surface area contributed by atoms with Crippen LogP contribution in [0, 0.1) is 0 Å². The van der Waals surface area contributed by atoms with Crippen LogP contribution in [0.5, 0.6) is 0 Å². The van der Waals surface area contributed by atoms with Crippen molar-refractivity contribution in [3.63, 3.8) is 0 Å². The van der Waals surface area contributed by atoms with E-state index in [1.807, 2.05) is 12.1 Å². The maximum atomic E-state index is 11.5. The van der Waals surface area contributed by atoms with Crippen LogP contribution in [0.1, 0.15) is 19.8 Å². The van der Waals surface area contributed by atoms with E-state index < -0.39 is 0 Å². The van der Waals surface area contributed by atoms with E-state index >= 15 is 0 Å². The van der Waals surface area contributed by atoms with Gasteiger partial charge < -0.3 is 10.6 Å². The average molecular weight is 260 g/mol. The Balaban J connectivity index is 1.90. The third-order valence-electron chi connectivity index (χ3n) is 2.55. The number of unbranched alkanes of at least 4 members (excludes halogenated alkanes) is 1. The number of nitrogens with zero attached hydrogens (tertiary/aromatic N) is 4. The molecule has 0 spiro atoms. The molecule has 7 nitrogen and oxygen atoms in total. The number of urea groups is 1. The van der Waals surface area contributed by atoms with Gasteiger partial charge in [-0.3, -0.25) is 0 Å². The Morgan fingerprint density at radius 2 is 2.11 bits per heavy atom. The number of aromatic nitrogens is 4. The molecule has 0 saturated heterocycles. The molecule has 1 aromatic heterocycles. The fourth-order valence-electron chi connectivity index (χ4n) is 1.53. The maximum absolute atomic E-state index is 11.5. The molecule has 2 aromatic rings. The van der Waals surface area contributed by atoms with Gasteiger partial charge in [0.05, 0.1) is 5.69 Å². The lowest BCUT2D eigenvalue weighted by Crippen LogP contribution is -2.29. The van der Waals surface area contributed by atoms with E-state index in [0.717, 1.165) is 24.2 Å². The van der Waals surface area contributed by atoms with Gasteiger partial charge in [0, 0.05) is 12.2 Å². The summed E-state index contributed by atoms with van der Waals surface area (Å²) in [5.74, 6) is 0. The Bertz CT molecular complexity index is 508. The summed E-state index contributed by atoms with van der Waals surface area (Å²) in [4.78, 5) is 11.5. The first kappa shape index (κ1) is 13.0. The van der Waals surface area contributed by atoms with Gasteiger partial charge in [-0.2, -0.15) is 0 Å². The molecule has 0 bridgehead atoms. The normalized spacial score (nSPS) is 10.2. The van der Waals surface area contributed by atoms with Crippen LogP contribution in [0.15, 0.2) is 30.6 Å². The van der Waals surface area contributed by atoms with Gasteiger partial charge in [0.1, 0.15) is 6.33 Å². The van der Waals surface area contributed by atoms with E-state index in [1.54, 1.807) is 16.8 Å². The highest BCUT2D eigenvalue weighted by Gasteiger charge is 2.02. The zero-order valence-electron chi connectivity index (χ0n) is 10.7. The maximum Gasteiger partial charge on any atom is 0.319 e. The van der Waals surface area contributed by atoms with Gasteiger partial charge in [0.25, 0.3) is 0 Å². The second kappa shape index (κ2) is 6.48. The van der Waals surface area contributed by atoms with Gasteiger partial charge in [-0.1, -0.05) is 13.3 Å². The van der Waals surface area contributed by atoms with Crippen LogP contribution in [0.25, 0.3) is 5.69 Å². The number of hydrogen-bond acceptors (Lipinski definition) is 4. The molecular weight excluding hydrogens is 244 g/mol. The van der Waals surface area contributed by atoms with Crippen LogP contribution >= 0.6 is 0 Å². The molecule has 7 heteroatoms. The number of carbonyl (C=O) groups is 1. The number of anilines is 1. The molecule has 0 aliphatic rings. The SMILES string of the molecule is CCCCNC(=O)Nc1ccc(-n2cnnn2)cc1. The van der Waals surface area contributed by atoms with E-state index in [2.05, 4.69) is 33.1 Å². The lowest BCUT2D eigenvalue weighted by molar-refractivity contribution is 0.252. The monoisotopic (exact) mass is 260 g/mol. The number of tetrazole rings is 1. The lowest BCUT2D eigenvalue weighted by Gasteiger charge is -2.07. The van der Waals surface area contributed by atoms with Gasteiger partial charge in [-0.15, -0.1) is 5.10 Å². The lowest BCUT2D eigenvalue weighted by atomic mass is 10.3. The van der Waals surface area contributed by atoms with Gasteiger partial charge in [-0.05, 0) is 41.1 Å². The van der Waals surface area contributed by atoms with Gasteiger partial charge in [0.15, 0.2) is 0 Å². The number of amides is 2. The molecular formula is C12H16N6O. The average Bonchev–Trinajstić information content (AvgIpc) is 2.94. The summed E-state index contributed by atoms with van der Waals surface area (Å²) in [6.45, 7) is 2.77. The van der Waals surface area contributed by atoms with Crippen molar-refractivity contribution >= 4 is 11.7 Å². The standard InChI is InChI=1S/C12H16N6O/c1-2-3-8-13-12(19)15-10-4-6-11(7-5-10)18-9-14-16-17-18/h4-7,9H,2-3,8H2,1H3,(H2,13,15,19). The molecule has 0 aliphatic carbocycles. The Hall–Kier alpha value is -2.44. The van der Waals surface area contributed by atoms with Crippen molar-refractivity contribution in [2.24, 2.45) is 0 Å². The molecule has 0 fully saturated rings. The van der Waals surface area contributed by atoms with Crippen LogP contribution in [0.2, 0.25) is 0 Å². The molecule has 0 aliphatic heterocycles. The molecule has 2 amide bonds. The van der Waals surface area contributed by atoms with Crippen molar-refractivity contribution in [2.75, 3.05) is 11.9 Å². The summed E-state index contributed by atoms with van der Waals surface area (Å²) >= 11 is 0. The van der Waals surface area contributed by atoms with Crippen molar-refractivity contribution in [3.05, 3.63) is 30.6 Å². The minimum atomic E-state index is -0.191. The summed E-state index contributed by atoms with van der Waals surface area (Å²) in [6.07, 6.45) is 3.55. The first-order valence-electron chi connectivity index (χ1n) is 6.18. The molecule has 0 unspecified atom stereocenters. The molecule has 0 atom stereocenters. The molecule has 2 N–H and O–H groups in total. The second-order valence-electron chi connectivity index (χ2n) is 4.04. The zero-order chi connectivity index (χ0) is 13.5. The molecule has 19 heavy (non-hydrogen) atoms. The largest absolute Gasteiger partial charge is 0.338 e. The van der Waals surface area contributed by atoms with E-state index in [0.29, 0.717) is 6.54 Å². The van der Waals surface area contributed by atoms with E-state index in [4.69, 9.17) is 0 Å². The van der Waals surface area contributed by atoms with Crippen LogP contribution in [0.4, 0.5) is 10.5 Å². The van der Waals surface area contributed by atoms with Crippen molar-refractivity contribution in [2.45, 2.75) is 19.8 Å². The van der Waals surface area contributed by atoms with Crippen LogP contribution in [0.3, 0.4) is 0 Å². The predicted octanol–water partition coefficient (Wildman–Crippen LogP) is 1.58. The molecule has 2 rings (SSSR count). The molecule has 1 aromatic carbocycles. The number of nitrogens with one attached hydrogen (secondary N) is 2. The minimum absolute atomic E-state index is 0.191. The topological polar surface area (TPSA) is 84.7 Å². The van der Waals surface area contributed by atoms with Crippen molar-refractivity contribution in [1.82, 2.24) is 25.5 Å². The third kappa shape index (κ3) is 3.77. The first-order valence-corrected chi connectivity index (χ1v) is 6.18. The molecule has 100 valence electrons. The Kier molecular flexibility index (Phi) is 4.44. The predicted molar refractivity (Wildman–Crippen MR) is 71.1 cm³/mol. The number of hydrogen-bond donors (Lipinski definition) is 2. The summed E-state index contributed by atoms with van der Waals surface area (Å²) in [5, 5.41) is 16.5. The highest BCUT2D eigenvalue weighted by atomic mass is 16.2. The Morgan fingerprint density at radius 3 is 2.74 bits per heavy atom. The smallest absolute Gasteiger partial charge is 0.319 e. The van der Waals surface area contributed by atoms with Gasteiger partial charge in [0.2, 0.25) is 0 Å².